The molecule has 8 heteroatoms. The van der Waals surface area contributed by atoms with Crippen molar-refractivity contribution in [1.29, 1.82) is 0 Å². The van der Waals surface area contributed by atoms with Gasteiger partial charge in [0.1, 0.15) is 0 Å². The molecule has 1 aromatic carbocycles. The number of aromatic nitrogens is 1. The zero-order valence-corrected chi connectivity index (χ0v) is 18.1. The van der Waals surface area contributed by atoms with Gasteiger partial charge in [-0.2, -0.15) is 0 Å². The van der Waals surface area contributed by atoms with Crippen LogP contribution in [0.1, 0.15) is 49.8 Å². The number of carbonyl (C=O) groups is 1. The Hall–Kier alpha value is -1.96. The Labute approximate surface area is 177 Å². The van der Waals surface area contributed by atoms with Crippen LogP contribution in [0.15, 0.2) is 47.6 Å². The summed E-state index contributed by atoms with van der Waals surface area (Å²) in [4.78, 5) is 16.8. The van der Waals surface area contributed by atoms with E-state index in [0.29, 0.717) is 30.7 Å². The first-order valence-corrected chi connectivity index (χ1v) is 11.6. The van der Waals surface area contributed by atoms with Crippen LogP contribution in [-0.2, 0) is 14.8 Å². The molecule has 0 radical (unpaired) electrons. The fraction of sp³-hybridized carbons (Fsp3) is 0.429. The molecule has 1 fully saturated rings. The van der Waals surface area contributed by atoms with Gasteiger partial charge in [-0.05, 0) is 68.9 Å². The molecule has 1 saturated carbocycles. The molecule has 2 N–H and O–H groups in total. The van der Waals surface area contributed by atoms with Gasteiger partial charge in [-0.15, -0.1) is 0 Å². The number of hydrogen-bond acceptors (Lipinski definition) is 4. The number of benzene rings is 1. The van der Waals surface area contributed by atoms with E-state index < -0.39 is 10.0 Å². The average Bonchev–Trinajstić information content (AvgIpc) is 2.70. The second-order valence-electron chi connectivity index (χ2n) is 7.60. The number of carbonyl (C=O) groups excluding carboxylic acids is 1. The predicted octanol–water partition coefficient (Wildman–Crippen LogP) is 3.76. The van der Waals surface area contributed by atoms with Gasteiger partial charge in [-0.3, -0.25) is 9.78 Å². The van der Waals surface area contributed by atoms with Gasteiger partial charge in [-0.1, -0.05) is 23.7 Å². The molecule has 1 aliphatic rings. The van der Waals surface area contributed by atoms with Crippen LogP contribution in [0.4, 0.5) is 0 Å². The van der Waals surface area contributed by atoms with Gasteiger partial charge >= 0.3 is 0 Å². The second-order valence-corrected chi connectivity index (χ2v) is 9.72. The van der Waals surface area contributed by atoms with Crippen LogP contribution in [0.25, 0.3) is 0 Å². The molecule has 2 aromatic rings. The lowest BCUT2D eigenvalue weighted by Crippen LogP contribution is -2.41. The molecule has 0 saturated heterocycles. The van der Waals surface area contributed by atoms with Gasteiger partial charge in [0.25, 0.3) is 0 Å². The van der Waals surface area contributed by atoms with Crippen molar-refractivity contribution in [2.24, 2.45) is 5.92 Å². The van der Waals surface area contributed by atoms with Crippen molar-refractivity contribution in [2.45, 2.75) is 56.5 Å². The summed E-state index contributed by atoms with van der Waals surface area (Å²) in [6.07, 6.45) is 5.98. The third-order valence-corrected chi connectivity index (χ3v) is 7.34. The zero-order valence-electron chi connectivity index (χ0n) is 16.6. The third-order valence-electron chi connectivity index (χ3n) is 5.42. The zero-order chi connectivity index (χ0) is 21.0. The van der Waals surface area contributed by atoms with Crippen molar-refractivity contribution in [3.05, 3.63) is 58.9 Å². The monoisotopic (exact) mass is 435 g/mol. The van der Waals surface area contributed by atoms with E-state index in [-0.39, 0.29) is 28.8 Å². The highest BCUT2D eigenvalue weighted by Crippen LogP contribution is 2.27. The molecule has 0 bridgehead atoms. The minimum Gasteiger partial charge on any atom is -0.349 e. The van der Waals surface area contributed by atoms with Gasteiger partial charge in [0, 0.05) is 29.4 Å². The molecular formula is C21H26ClN3O3S. The maximum absolute atomic E-state index is 12.6. The number of nitrogens with zero attached hydrogens (tertiary/aromatic N) is 1. The highest BCUT2D eigenvalue weighted by molar-refractivity contribution is 7.89. The van der Waals surface area contributed by atoms with Crippen molar-refractivity contribution in [1.82, 2.24) is 15.0 Å². The van der Waals surface area contributed by atoms with Crippen LogP contribution in [0, 0.1) is 12.8 Å². The molecule has 3 rings (SSSR count). The lowest BCUT2D eigenvalue weighted by atomic mass is 9.85. The molecule has 0 unspecified atom stereocenters. The normalized spacial score (nSPS) is 20.8. The fourth-order valence-corrected chi connectivity index (χ4v) is 5.12. The van der Waals surface area contributed by atoms with Gasteiger partial charge in [0.2, 0.25) is 15.9 Å². The Bertz CT molecular complexity index is 958. The number of rotatable bonds is 6. The van der Waals surface area contributed by atoms with Crippen molar-refractivity contribution in [2.75, 3.05) is 0 Å². The van der Waals surface area contributed by atoms with E-state index in [2.05, 4.69) is 15.0 Å². The summed E-state index contributed by atoms with van der Waals surface area (Å²) in [5.41, 5.74) is 1.79. The number of sulfonamides is 1. The van der Waals surface area contributed by atoms with E-state index in [9.17, 15) is 13.2 Å². The van der Waals surface area contributed by atoms with E-state index in [1.165, 1.54) is 6.07 Å². The van der Waals surface area contributed by atoms with E-state index in [0.717, 1.165) is 11.1 Å². The molecule has 156 valence electrons. The van der Waals surface area contributed by atoms with E-state index in [4.69, 9.17) is 11.6 Å². The van der Waals surface area contributed by atoms with Gasteiger partial charge in [0.15, 0.2) is 0 Å². The smallest absolute Gasteiger partial charge is 0.240 e. The summed E-state index contributed by atoms with van der Waals surface area (Å²) in [7, 11) is -3.63. The van der Waals surface area contributed by atoms with Crippen molar-refractivity contribution in [3.63, 3.8) is 0 Å². The largest absolute Gasteiger partial charge is 0.349 e. The average molecular weight is 436 g/mol. The summed E-state index contributed by atoms with van der Waals surface area (Å²) in [6.45, 7) is 3.76. The molecular weight excluding hydrogens is 410 g/mol. The minimum absolute atomic E-state index is 0.00739. The summed E-state index contributed by atoms with van der Waals surface area (Å²) >= 11 is 6.06. The Balaban J connectivity index is 1.53. The van der Waals surface area contributed by atoms with Crippen molar-refractivity contribution in [3.8, 4) is 0 Å². The number of halogens is 1. The first kappa shape index (κ1) is 21.7. The highest BCUT2D eigenvalue weighted by Gasteiger charge is 2.29. The van der Waals surface area contributed by atoms with Crippen LogP contribution in [0.3, 0.4) is 0 Å². The highest BCUT2D eigenvalue weighted by atomic mass is 35.5. The number of aryl methyl sites for hydroxylation is 1. The summed E-state index contributed by atoms with van der Waals surface area (Å²) in [5.74, 6) is -0.100. The number of nitrogens with one attached hydrogen (secondary N) is 2. The second kappa shape index (κ2) is 9.24. The van der Waals surface area contributed by atoms with Crippen LogP contribution in [0.2, 0.25) is 5.02 Å². The van der Waals surface area contributed by atoms with Gasteiger partial charge in [-0.25, -0.2) is 13.1 Å². The van der Waals surface area contributed by atoms with Crippen LogP contribution < -0.4 is 10.0 Å². The molecule has 1 amide bonds. The molecule has 1 atom stereocenters. The van der Waals surface area contributed by atoms with E-state index in [1.54, 1.807) is 24.5 Å². The molecule has 1 heterocycles. The summed E-state index contributed by atoms with van der Waals surface area (Å²) in [6, 6.07) is 8.21. The third kappa shape index (κ3) is 5.56. The quantitative estimate of drug-likeness (QED) is 0.723. The molecule has 0 aliphatic heterocycles. The Kier molecular flexibility index (Phi) is 6.93. The molecule has 6 nitrogen and oxygen atoms in total. The first-order chi connectivity index (χ1) is 13.8. The van der Waals surface area contributed by atoms with Crippen molar-refractivity contribution < 1.29 is 13.2 Å². The maximum Gasteiger partial charge on any atom is 0.240 e. The maximum atomic E-state index is 12.6. The molecule has 29 heavy (non-hydrogen) atoms. The number of pyridine rings is 1. The van der Waals surface area contributed by atoms with Crippen LogP contribution in [-0.4, -0.2) is 25.4 Å². The summed E-state index contributed by atoms with van der Waals surface area (Å²) < 4.78 is 28.0. The molecule has 0 spiro atoms. The van der Waals surface area contributed by atoms with Crippen LogP contribution in [0.5, 0.6) is 0 Å². The first-order valence-electron chi connectivity index (χ1n) is 9.75. The molecule has 1 aromatic heterocycles. The van der Waals surface area contributed by atoms with E-state index >= 15 is 0 Å². The van der Waals surface area contributed by atoms with E-state index in [1.807, 2.05) is 26.0 Å². The fourth-order valence-electron chi connectivity index (χ4n) is 3.55. The van der Waals surface area contributed by atoms with Gasteiger partial charge < -0.3 is 5.32 Å². The number of hydrogen-bond donors (Lipinski definition) is 2. The molecule has 1 aliphatic carbocycles. The minimum atomic E-state index is -3.63. The standard InChI is InChI=1S/C21H26ClN3O3S/c1-14-5-10-19(12-20(14)22)29(27,28)25-18-8-6-16(7-9-18)21(26)24-15(2)17-4-3-11-23-13-17/h3-5,10-13,15-16,18,25H,6-9H2,1-2H3,(H,24,26)/t15-,16-,18-/m1/s1. The Morgan fingerprint density at radius 1 is 1.21 bits per heavy atom. The Morgan fingerprint density at radius 2 is 1.93 bits per heavy atom. The SMILES string of the molecule is Cc1ccc(S(=O)(=O)N[C@H]2CC[C@H](C(=O)N[C@H](C)c3cccnc3)CC2)cc1Cl. The van der Waals surface area contributed by atoms with Crippen molar-refractivity contribution >= 4 is 27.5 Å². The topological polar surface area (TPSA) is 88.2 Å². The van der Waals surface area contributed by atoms with Crippen LogP contribution >= 0.6 is 11.6 Å². The predicted molar refractivity (Wildman–Crippen MR) is 113 cm³/mol. The lowest BCUT2D eigenvalue weighted by molar-refractivity contribution is -0.126. The number of amides is 1. The Morgan fingerprint density at radius 3 is 2.55 bits per heavy atom. The van der Waals surface area contributed by atoms with Gasteiger partial charge in [0.05, 0.1) is 10.9 Å². The summed E-state index contributed by atoms with van der Waals surface area (Å²) in [5, 5.41) is 3.46. The lowest BCUT2D eigenvalue weighted by Gasteiger charge is -2.29.